The highest BCUT2D eigenvalue weighted by Gasteiger charge is 2.48. The number of hydrogen-bond acceptors (Lipinski definition) is 0. The van der Waals surface area contributed by atoms with Gasteiger partial charge in [-0.05, 0) is 139 Å². The minimum atomic E-state index is -4.54. The van der Waals surface area contributed by atoms with Crippen LogP contribution in [-0.2, 0) is 5.41 Å². The Labute approximate surface area is 544 Å². The largest absolute Gasteiger partial charge is 0.393 e. The van der Waals surface area contributed by atoms with Crippen molar-refractivity contribution in [1.29, 1.82) is 0 Å². The second kappa shape index (κ2) is 37.8. The van der Waals surface area contributed by atoms with Crippen molar-refractivity contribution in [1.82, 2.24) is 0 Å². The summed E-state index contributed by atoms with van der Waals surface area (Å²) in [4.78, 5) is 0. The van der Waals surface area contributed by atoms with E-state index in [2.05, 4.69) is 127 Å². The molecule has 0 amide bonds. The van der Waals surface area contributed by atoms with Crippen molar-refractivity contribution in [3.8, 4) is 0 Å². The molecule has 0 bridgehead atoms. The summed E-state index contributed by atoms with van der Waals surface area (Å²) in [6.45, 7) is 73.2. The monoisotopic (exact) mass is 1180 g/mol. The molecule has 82 heavy (non-hydrogen) atoms. The van der Waals surface area contributed by atoms with Crippen LogP contribution in [0.4, 0.5) is 13.2 Å². The highest BCUT2D eigenvalue weighted by atomic mass is 19.4. The van der Waals surface area contributed by atoms with E-state index in [-0.39, 0.29) is 33.5 Å². The zero-order valence-electron chi connectivity index (χ0n) is 80.0. The molecule has 0 N–H and O–H groups in total. The molecule has 2 aliphatic rings. The Morgan fingerprint density at radius 3 is 0.890 bits per heavy atom. The molecule has 0 heterocycles. The molecule has 0 nitrogen and oxygen atoms in total. The van der Waals surface area contributed by atoms with Gasteiger partial charge in [0.25, 0.3) is 0 Å². The number of halogens is 3. The maximum atomic E-state index is 12.6. The Balaban J connectivity index is -0.000000247. The average molecular weight is 1190 g/mol. The van der Waals surface area contributed by atoms with Crippen molar-refractivity contribution in [3.63, 3.8) is 0 Å². The number of benzene rings is 1. The maximum Gasteiger partial charge on any atom is 0.393 e. The van der Waals surface area contributed by atoms with Crippen LogP contribution in [0.2, 0.25) is 0 Å². The third kappa shape index (κ3) is 54.4. The molecule has 0 radical (unpaired) electrons. The van der Waals surface area contributed by atoms with Gasteiger partial charge < -0.3 is 0 Å². The Hall–Kier alpha value is -0.990. The van der Waals surface area contributed by atoms with Crippen LogP contribution in [0, 0.1) is 82.7 Å². The highest BCUT2D eigenvalue weighted by molar-refractivity contribution is 5.22. The van der Waals surface area contributed by atoms with E-state index in [9.17, 15) is 13.2 Å². The second-order valence-electron chi connectivity index (χ2n) is 35.4. The van der Waals surface area contributed by atoms with Gasteiger partial charge in [0, 0.05) is 23.3 Å². The Morgan fingerprint density at radius 1 is 0.476 bits per heavy atom. The lowest BCUT2D eigenvalue weighted by molar-refractivity contribution is -0.220. The molecular formula is C79H161F3. The van der Waals surface area contributed by atoms with E-state index in [1.807, 2.05) is 90.0 Å². The van der Waals surface area contributed by atoms with E-state index in [4.69, 9.17) is 23.3 Å². The van der Waals surface area contributed by atoms with E-state index in [0.29, 0.717) is 27.1 Å². The molecule has 0 spiro atoms. The normalized spacial score (nSPS) is 21.3. The Morgan fingerprint density at radius 2 is 0.793 bits per heavy atom. The first-order chi connectivity index (χ1) is 42.0. The predicted molar refractivity (Wildman–Crippen MR) is 376 cm³/mol. The fraction of sp³-hybridized carbons (Fsp3) is 0.924. The molecule has 1 atom stereocenters. The van der Waals surface area contributed by atoms with E-state index in [1.54, 1.807) is 41.5 Å². The molecule has 0 aromatic heterocycles. The van der Waals surface area contributed by atoms with Crippen LogP contribution in [0.25, 0.3) is 0 Å². The average Bonchev–Trinajstić information content (AvgIpc) is 1.15. The molecule has 498 valence electrons. The van der Waals surface area contributed by atoms with Gasteiger partial charge in [-0.3, -0.25) is 0 Å². The molecule has 1 aromatic carbocycles. The van der Waals surface area contributed by atoms with E-state index >= 15 is 0 Å². The van der Waals surface area contributed by atoms with E-state index < -0.39 is 78.8 Å². The third-order valence-electron chi connectivity index (χ3n) is 14.8. The van der Waals surface area contributed by atoms with Crippen molar-refractivity contribution in [3.05, 3.63) is 35.9 Å². The first-order valence-electron chi connectivity index (χ1n) is 40.1. The van der Waals surface area contributed by atoms with E-state index in [1.165, 1.54) is 91.0 Å². The van der Waals surface area contributed by atoms with Gasteiger partial charge in [0.2, 0.25) is 0 Å². The quantitative estimate of drug-likeness (QED) is 0.282. The van der Waals surface area contributed by atoms with Crippen molar-refractivity contribution in [2.45, 2.75) is 391 Å². The van der Waals surface area contributed by atoms with Crippen LogP contribution in [-0.4, -0.2) is 6.18 Å². The molecule has 3 heteroatoms. The molecule has 3 rings (SSSR count). The van der Waals surface area contributed by atoms with Crippen molar-refractivity contribution in [2.24, 2.45) is 82.7 Å². The Kier molecular flexibility index (Phi) is 28.2. The molecule has 1 unspecified atom stereocenters. The lowest BCUT2D eigenvalue weighted by Crippen LogP contribution is -2.35. The number of rotatable bonds is 4. The molecule has 2 saturated carbocycles. The summed E-state index contributed by atoms with van der Waals surface area (Å²) in [5.74, 6) is -2.33. The molecule has 0 aliphatic heterocycles. The van der Waals surface area contributed by atoms with Crippen LogP contribution in [0.1, 0.15) is 409 Å². The fourth-order valence-electron chi connectivity index (χ4n) is 8.67. The molecule has 0 saturated heterocycles. The van der Waals surface area contributed by atoms with Crippen molar-refractivity contribution >= 4 is 0 Å². The van der Waals surface area contributed by atoms with Gasteiger partial charge in [0.05, 0.1) is 5.41 Å². The van der Waals surface area contributed by atoms with Crippen LogP contribution in [0.5, 0.6) is 0 Å². The summed E-state index contributed by atoms with van der Waals surface area (Å²) in [7, 11) is 0. The Bertz CT molecular complexity index is 2220. The zero-order valence-corrected chi connectivity index (χ0v) is 63.0. The SMILES string of the molecule is CC(C)(C)C1(C)CCCC1.CC(C)(C)C1(C)CCCCC1.CC(C)(C)c1ccccc1.[2H]C(C)(C)C(C)(C)C.[2H]C([2H])(C(C)(C)C)C(C)(C)C.[2H]C([2H])(C(C)(C)C)C(C)(C)C(F)(F)F.[2H]C([2H])(C(C)C)C(C)(C)C.[2H]C([2H])(C)C([2H])([2H])C(C)(C)C.[2H]C([2H])([2H])C([2H])(C([2H])([2H])C)C(C)(C)C. The summed E-state index contributed by atoms with van der Waals surface area (Å²) in [6, 6.07) is 10.6. The van der Waals surface area contributed by atoms with Gasteiger partial charge in [-0.2, -0.15) is 13.2 Å². The molecule has 2 aliphatic carbocycles. The van der Waals surface area contributed by atoms with Gasteiger partial charge in [-0.15, -0.1) is 0 Å². The van der Waals surface area contributed by atoms with Gasteiger partial charge in [-0.1, -0.05) is 359 Å². The van der Waals surface area contributed by atoms with Crippen LogP contribution < -0.4 is 0 Å². The van der Waals surface area contributed by atoms with Crippen molar-refractivity contribution in [2.75, 3.05) is 0 Å². The summed E-state index contributed by atoms with van der Waals surface area (Å²) < 4.78 is 166. The maximum absolute atomic E-state index is 12.6. The van der Waals surface area contributed by atoms with Gasteiger partial charge in [-0.25, -0.2) is 0 Å². The topological polar surface area (TPSA) is 0 Å². The molecule has 2 fully saturated rings. The van der Waals surface area contributed by atoms with Gasteiger partial charge in [0.1, 0.15) is 0 Å². The fourth-order valence-corrected chi connectivity index (χ4v) is 8.67. The minimum Gasteiger partial charge on any atom is -0.171 e. The molecular weight excluding hydrogens is 1010 g/mol. The minimum absolute atomic E-state index is 0.0903. The smallest absolute Gasteiger partial charge is 0.171 e. The molecule has 1 aromatic rings. The lowest BCUT2D eigenvalue weighted by Gasteiger charge is -2.45. The lowest BCUT2D eigenvalue weighted by atomic mass is 9.61. The van der Waals surface area contributed by atoms with E-state index in [0.717, 1.165) is 20.8 Å². The first-order valence-corrected chi connectivity index (χ1v) is 31.6. The summed E-state index contributed by atoms with van der Waals surface area (Å²) in [5.41, 5.74) is -1.76. The van der Waals surface area contributed by atoms with Crippen LogP contribution >= 0.6 is 0 Å². The summed E-state index contributed by atoms with van der Waals surface area (Å²) in [5, 5.41) is 0. The first kappa shape index (κ1) is 61.3. The number of hydrogen-bond donors (Lipinski definition) is 0. The summed E-state index contributed by atoms with van der Waals surface area (Å²) in [6.07, 6.45) is -1.65. The van der Waals surface area contributed by atoms with Gasteiger partial charge in [0.15, 0.2) is 0 Å². The third-order valence-corrected chi connectivity index (χ3v) is 14.8. The van der Waals surface area contributed by atoms with Crippen LogP contribution in [0.15, 0.2) is 30.3 Å². The van der Waals surface area contributed by atoms with Gasteiger partial charge >= 0.3 is 6.18 Å². The zero-order chi connectivity index (χ0) is 82.6. The summed E-state index contributed by atoms with van der Waals surface area (Å²) >= 11 is 0. The van der Waals surface area contributed by atoms with Crippen LogP contribution in [0.3, 0.4) is 0 Å². The standard InChI is InChI=1S/C11H22.C10H20.C10H14.C9H17F3.C9H20.2C8H18.2C7H16/c1-10(2,3)11(4)8-6-5-7-9-11;1-9(2,3)10(4)7-5-6-8-10;1-10(2,3)9-7-5-4-6-8-9;1-7(2,3)6-8(4,5)9(10,11)12;1-8(2,3)7-9(4,5)6;1-7(2)6-8(3,4)5;1-6-7(2)8(3,4)5;1-6(2)7(3,4)5;1-5-6-7(2,3)4/h5-9H2,1-4H3;5-8H2,1-4H3;4-8H,1-3H3;6H2,1-5H3;7H2,1-6H3;2*7H,6H2,1-5H3;6H,1-5H3;5-6H2,1-4H3/i;;;6D2;7D2;6D2;2D3,6D2,7D;6D;5D2,6D2. The van der Waals surface area contributed by atoms with Crippen molar-refractivity contribution < 1.29 is 36.5 Å². The highest BCUT2D eigenvalue weighted by Crippen LogP contribution is 2.51. The predicted octanol–water partition coefficient (Wildman–Crippen LogP) is 29.8. The second-order valence-corrected chi connectivity index (χ2v) is 35.4. The number of alkyl halides is 3.